The predicted octanol–water partition coefficient (Wildman–Crippen LogP) is 2.15. The van der Waals surface area contributed by atoms with Gasteiger partial charge in [-0.1, -0.05) is 0 Å². The molecule has 0 radical (unpaired) electrons. The monoisotopic (exact) mass is 290 g/mol. The molecule has 66 valence electrons. The molecule has 2 unspecified atom stereocenters. The molecule has 1 fully saturated rings. The van der Waals surface area contributed by atoms with Gasteiger partial charge in [0.1, 0.15) is 0 Å². The molecule has 1 heterocycles. The van der Waals surface area contributed by atoms with Crippen LogP contribution >= 0.6 is 30.4 Å². The molecule has 0 aromatic carbocycles. The zero-order valence-corrected chi connectivity index (χ0v) is 9.26. The van der Waals surface area contributed by atoms with Crippen molar-refractivity contribution < 1.29 is 13.7 Å². The first-order valence-corrected chi connectivity index (χ1v) is 6.73. The van der Waals surface area contributed by atoms with Crippen molar-refractivity contribution in [1.82, 2.24) is 0 Å². The lowest BCUT2D eigenvalue weighted by atomic mass is 10.2. The third kappa shape index (κ3) is 3.45. The Morgan fingerprint density at radius 1 is 1.64 bits per heavy atom. The highest BCUT2D eigenvalue weighted by Crippen LogP contribution is 2.22. The van der Waals surface area contributed by atoms with Gasteiger partial charge in [0.2, 0.25) is 0 Å². The lowest BCUT2D eigenvalue weighted by Crippen LogP contribution is -2.16. The number of rotatable bonds is 4. The minimum Gasteiger partial charge on any atom is -0.356 e. The van der Waals surface area contributed by atoms with Crippen LogP contribution in [0.2, 0.25) is 0 Å². The highest BCUT2D eigenvalue weighted by molar-refractivity contribution is 14.2. The van der Waals surface area contributed by atoms with Crippen LogP contribution in [0.3, 0.4) is 0 Å². The standard InChI is InChI=1S/C6H11IO3S/c1-8-6-3-2-5(10-6)4-9-11-7/h5-6H,2-4H2,1H3. The summed E-state index contributed by atoms with van der Waals surface area (Å²) >= 11 is 2.10. The first-order chi connectivity index (χ1) is 5.36. The second-order valence-corrected chi connectivity index (χ2v) is 3.79. The van der Waals surface area contributed by atoms with Crippen LogP contribution in [-0.4, -0.2) is 26.1 Å². The molecule has 0 spiro atoms. The molecule has 0 saturated carbocycles. The predicted molar refractivity (Wildman–Crippen MR) is 52.5 cm³/mol. The number of methoxy groups -OCH3 is 1. The second-order valence-electron chi connectivity index (χ2n) is 2.35. The number of ether oxygens (including phenoxy) is 2. The van der Waals surface area contributed by atoms with Gasteiger partial charge in [-0.3, -0.25) is 0 Å². The first-order valence-electron chi connectivity index (χ1n) is 3.45. The van der Waals surface area contributed by atoms with E-state index in [1.165, 1.54) is 9.21 Å². The highest BCUT2D eigenvalue weighted by Gasteiger charge is 2.24. The van der Waals surface area contributed by atoms with E-state index in [9.17, 15) is 0 Å². The Balaban J connectivity index is 2.09. The van der Waals surface area contributed by atoms with Crippen LogP contribution in [0.15, 0.2) is 0 Å². The molecule has 1 aliphatic heterocycles. The van der Waals surface area contributed by atoms with Crippen molar-refractivity contribution in [2.45, 2.75) is 25.2 Å². The molecule has 0 aromatic heterocycles. The molecular weight excluding hydrogens is 279 g/mol. The van der Waals surface area contributed by atoms with E-state index in [2.05, 4.69) is 21.2 Å². The van der Waals surface area contributed by atoms with Crippen LogP contribution in [0, 0.1) is 0 Å². The summed E-state index contributed by atoms with van der Waals surface area (Å²) in [7, 11) is 3.01. The number of hydrogen-bond donors (Lipinski definition) is 0. The van der Waals surface area contributed by atoms with Gasteiger partial charge in [0.25, 0.3) is 0 Å². The van der Waals surface area contributed by atoms with Gasteiger partial charge in [-0.15, -0.1) is 0 Å². The van der Waals surface area contributed by atoms with E-state index in [1.54, 1.807) is 7.11 Å². The fourth-order valence-corrected chi connectivity index (χ4v) is 1.71. The van der Waals surface area contributed by atoms with Crippen molar-refractivity contribution in [2.75, 3.05) is 13.7 Å². The van der Waals surface area contributed by atoms with E-state index in [-0.39, 0.29) is 12.4 Å². The smallest absolute Gasteiger partial charge is 0.157 e. The van der Waals surface area contributed by atoms with Crippen molar-refractivity contribution in [3.05, 3.63) is 0 Å². The molecule has 5 heteroatoms. The molecule has 3 nitrogen and oxygen atoms in total. The van der Waals surface area contributed by atoms with E-state index >= 15 is 0 Å². The lowest BCUT2D eigenvalue weighted by Gasteiger charge is -2.10. The fourth-order valence-electron chi connectivity index (χ4n) is 1.07. The molecule has 1 saturated heterocycles. The van der Waals surface area contributed by atoms with E-state index in [0.717, 1.165) is 12.8 Å². The Morgan fingerprint density at radius 2 is 2.45 bits per heavy atom. The van der Waals surface area contributed by atoms with Crippen LogP contribution in [0.1, 0.15) is 12.8 Å². The zero-order valence-electron chi connectivity index (χ0n) is 6.29. The highest BCUT2D eigenvalue weighted by atomic mass is 127. The molecule has 0 amide bonds. The van der Waals surface area contributed by atoms with Crippen LogP contribution in [0.4, 0.5) is 0 Å². The van der Waals surface area contributed by atoms with Crippen molar-refractivity contribution in [2.24, 2.45) is 0 Å². The summed E-state index contributed by atoms with van der Waals surface area (Å²) < 4.78 is 15.6. The van der Waals surface area contributed by atoms with Crippen LogP contribution in [0.5, 0.6) is 0 Å². The quantitative estimate of drug-likeness (QED) is 0.586. The average molecular weight is 290 g/mol. The molecule has 2 atom stereocenters. The molecule has 1 rings (SSSR count). The van der Waals surface area contributed by atoms with Crippen LogP contribution < -0.4 is 0 Å². The third-order valence-electron chi connectivity index (χ3n) is 1.63. The fraction of sp³-hybridized carbons (Fsp3) is 1.00. The van der Waals surface area contributed by atoms with Gasteiger partial charge in [0, 0.05) is 34.7 Å². The molecule has 11 heavy (non-hydrogen) atoms. The molecule has 0 aromatic rings. The third-order valence-corrected chi connectivity index (χ3v) is 2.62. The van der Waals surface area contributed by atoms with Gasteiger partial charge in [0.05, 0.1) is 21.9 Å². The van der Waals surface area contributed by atoms with Crippen LogP contribution in [-0.2, 0) is 13.7 Å². The Labute approximate surface area is 82.9 Å². The summed E-state index contributed by atoms with van der Waals surface area (Å²) in [5.74, 6) is 0. The van der Waals surface area contributed by atoms with E-state index in [1.807, 2.05) is 0 Å². The Morgan fingerprint density at radius 3 is 3.00 bits per heavy atom. The van der Waals surface area contributed by atoms with Crippen molar-refractivity contribution in [3.8, 4) is 0 Å². The summed E-state index contributed by atoms with van der Waals surface area (Å²) in [5.41, 5.74) is 0. The van der Waals surface area contributed by atoms with Gasteiger partial charge >= 0.3 is 0 Å². The molecule has 0 aliphatic carbocycles. The normalized spacial score (nSPS) is 31.1. The van der Waals surface area contributed by atoms with E-state index < -0.39 is 0 Å². The molecular formula is C6H11IO3S. The average Bonchev–Trinajstić information content (AvgIpc) is 2.48. The minimum absolute atomic E-state index is 0.0113. The van der Waals surface area contributed by atoms with Gasteiger partial charge in [-0.2, -0.15) is 0 Å². The topological polar surface area (TPSA) is 27.7 Å². The summed E-state index contributed by atoms with van der Waals surface area (Å²) in [4.78, 5) is 0. The maximum atomic E-state index is 5.45. The summed E-state index contributed by atoms with van der Waals surface area (Å²) in [6, 6.07) is 0. The summed E-state index contributed by atoms with van der Waals surface area (Å²) in [6.07, 6.45) is 2.23. The largest absolute Gasteiger partial charge is 0.356 e. The van der Waals surface area contributed by atoms with E-state index in [4.69, 9.17) is 13.7 Å². The zero-order chi connectivity index (χ0) is 8.10. The maximum absolute atomic E-state index is 5.45. The Kier molecular flexibility index (Phi) is 5.09. The van der Waals surface area contributed by atoms with Crippen molar-refractivity contribution in [3.63, 3.8) is 0 Å². The SMILES string of the molecule is COC1CCC(COSI)O1. The molecule has 0 N–H and O–H groups in total. The van der Waals surface area contributed by atoms with Gasteiger partial charge in [-0.25, -0.2) is 0 Å². The minimum atomic E-state index is -0.0113. The Hall–Kier alpha value is 0.960. The van der Waals surface area contributed by atoms with Crippen molar-refractivity contribution >= 4 is 30.4 Å². The van der Waals surface area contributed by atoms with Gasteiger partial charge in [0.15, 0.2) is 6.29 Å². The van der Waals surface area contributed by atoms with Gasteiger partial charge in [-0.05, 0) is 6.42 Å². The van der Waals surface area contributed by atoms with Crippen molar-refractivity contribution in [1.29, 1.82) is 0 Å². The number of halogens is 1. The Bertz CT molecular complexity index is 114. The lowest BCUT2D eigenvalue weighted by molar-refractivity contribution is -0.120. The molecule has 0 bridgehead atoms. The number of hydrogen-bond acceptors (Lipinski definition) is 4. The second kappa shape index (κ2) is 5.58. The maximum Gasteiger partial charge on any atom is 0.157 e. The first kappa shape index (κ1) is 10.0. The van der Waals surface area contributed by atoms with E-state index in [0.29, 0.717) is 6.61 Å². The molecule has 1 aliphatic rings. The van der Waals surface area contributed by atoms with Crippen LogP contribution in [0.25, 0.3) is 0 Å². The van der Waals surface area contributed by atoms with Gasteiger partial charge < -0.3 is 13.7 Å². The summed E-state index contributed by atoms with van der Waals surface area (Å²) in [5, 5.41) is 0. The summed E-state index contributed by atoms with van der Waals surface area (Å²) in [6.45, 7) is 0.660.